The van der Waals surface area contributed by atoms with Crippen LogP contribution in [0.2, 0.25) is 0 Å². The standard InChI is InChI=1S/C13H9N3O9/c14-10-7(12(20)21)6(8(13(22)23)11(19)15-10)3-1-4(16(24)25)9(18)5(17)2-3/h1-2,17-18H,(H,20,21)(H,22,23)(H3,14,15,19). The number of aromatic carboxylic acids is 2. The number of nitrogen functional groups attached to an aromatic ring is 1. The molecule has 1 heterocycles. The van der Waals surface area contributed by atoms with Crippen LogP contribution in [0.1, 0.15) is 20.7 Å². The Kier molecular flexibility index (Phi) is 4.03. The molecule has 0 bridgehead atoms. The molecule has 0 spiro atoms. The number of aromatic hydroxyl groups is 2. The fourth-order valence-electron chi connectivity index (χ4n) is 2.22. The number of nitrogens with one attached hydrogen (secondary N) is 1. The summed E-state index contributed by atoms with van der Waals surface area (Å²) in [5, 5.41) is 48.5. The predicted octanol–water partition coefficient (Wildman–Crippen LogP) is 0.340. The van der Waals surface area contributed by atoms with Gasteiger partial charge in [0.15, 0.2) is 5.75 Å². The molecular formula is C13H9N3O9. The van der Waals surface area contributed by atoms with Gasteiger partial charge in [0.25, 0.3) is 5.56 Å². The zero-order valence-corrected chi connectivity index (χ0v) is 12.0. The number of rotatable bonds is 4. The number of anilines is 1. The molecule has 0 aliphatic carbocycles. The van der Waals surface area contributed by atoms with Crippen LogP contribution in [0.25, 0.3) is 11.1 Å². The summed E-state index contributed by atoms with van der Waals surface area (Å²) < 4.78 is 0. The lowest BCUT2D eigenvalue weighted by Gasteiger charge is -2.12. The second-order valence-electron chi connectivity index (χ2n) is 4.72. The van der Waals surface area contributed by atoms with Gasteiger partial charge in [-0.25, -0.2) is 9.59 Å². The highest BCUT2D eigenvalue weighted by molar-refractivity contribution is 6.07. The highest BCUT2D eigenvalue weighted by Crippen LogP contribution is 2.41. The monoisotopic (exact) mass is 351 g/mol. The number of carbonyl (C=O) groups is 2. The largest absolute Gasteiger partial charge is 0.504 e. The number of carboxylic acid groups (broad SMARTS) is 2. The number of hydrogen-bond donors (Lipinski definition) is 6. The molecule has 12 nitrogen and oxygen atoms in total. The maximum Gasteiger partial charge on any atom is 0.342 e. The molecule has 0 amide bonds. The van der Waals surface area contributed by atoms with Crippen molar-refractivity contribution < 1.29 is 34.9 Å². The van der Waals surface area contributed by atoms with Gasteiger partial charge in [-0.15, -0.1) is 0 Å². The molecule has 0 aliphatic heterocycles. The summed E-state index contributed by atoms with van der Waals surface area (Å²) in [5.74, 6) is -6.36. The topological polar surface area (TPSA) is 217 Å². The first-order valence-electron chi connectivity index (χ1n) is 6.29. The van der Waals surface area contributed by atoms with Crippen LogP contribution in [-0.2, 0) is 0 Å². The summed E-state index contributed by atoms with van der Waals surface area (Å²) in [6, 6.07) is 1.29. The molecule has 0 atom stereocenters. The second-order valence-corrected chi connectivity index (χ2v) is 4.72. The number of aromatic amines is 1. The zero-order valence-electron chi connectivity index (χ0n) is 12.0. The molecule has 130 valence electrons. The third kappa shape index (κ3) is 2.78. The lowest BCUT2D eigenvalue weighted by Crippen LogP contribution is -2.24. The van der Waals surface area contributed by atoms with Gasteiger partial charge in [-0.2, -0.15) is 0 Å². The number of carboxylic acids is 2. The van der Waals surface area contributed by atoms with Gasteiger partial charge < -0.3 is 31.1 Å². The number of pyridine rings is 1. The SMILES string of the molecule is Nc1[nH]c(=O)c(C(=O)O)c(-c2cc(O)c(O)c([N+](=O)[O-])c2)c1C(=O)O. The lowest BCUT2D eigenvalue weighted by atomic mass is 9.94. The molecule has 0 saturated carbocycles. The Labute approximate surface area is 136 Å². The maximum atomic E-state index is 11.9. The van der Waals surface area contributed by atoms with E-state index in [1.807, 2.05) is 4.98 Å². The molecule has 12 heteroatoms. The number of benzene rings is 1. The van der Waals surface area contributed by atoms with E-state index >= 15 is 0 Å². The van der Waals surface area contributed by atoms with Crippen molar-refractivity contribution >= 4 is 23.4 Å². The minimum absolute atomic E-state index is 0.505. The quantitative estimate of drug-likeness (QED) is 0.252. The summed E-state index contributed by atoms with van der Waals surface area (Å²) in [4.78, 5) is 46.4. The van der Waals surface area contributed by atoms with Crippen molar-refractivity contribution in [2.45, 2.75) is 0 Å². The minimum Gasteiger partial charge on any atom is -0.504 e. The first-order chi connectivity index (χ1) is 11.6. The van der Waals surface area contributed by atoms with Crippen LogP contribution in [0.15, 0.2) is 16.9 Å². The highest BCUT2D eigenvalue weighted by atomic mass is 16.6. The Balaban J connectivity index is 3.06. The predicted molar refractivity (Wildman–Crippen MR) is 80.8 cm³/mol. The van der Waals surface area contributed by atoms with Crippen LogP contribution in [-0.4, -0.2) is 42.3 Å². The third-order valence-corrected chi connectivity index (χ3v) is 3.23. The number of hydrogen-bond acceptors (Lipinski definition) is 8. The smallest absolute Gasteiger partial charge is 0.342 e. The van der Waals surface area contributed by atoms with Crippen LogP contribution >= 0.6 is 0 Å². The lowest BCUT2D eigenvalue weighted by molar-refractivity contribution is -0.385. The van der Waals surface area contributed by atoms with Crippen molar-refractivity contribution in [3.05, 3.63) is 43.7 Å². The molecule has 25 heavy (non-hydrogen) atoms. The van der Waals surface area contributed by atoms with E-state index < -0.39 is 67.7 Å². The Bertz CT molecular complexity index is 993. The van der Waals surface area contributed by atoms with Crippen molar-refractivity contribution in [1.29, 1.82) is 0 Å². The molecule has 0 aliphatic rings. The molecule has 1 aromatic carbocycles. The van der Waals surface area contributed by atoms with Gasteiger partial charge in [0.05, 0.1) is 4.92 Å². The number of phenols is 2. The Morgan fingerprint density at radius 2 is 1.68 bits per heavy atom. The van der Waals surface area contributed by atoms with Crippen LogP contribution in [0.3, 0.4) is 0 Å². The van der Waals surface area contributed by atoms with Crippen LogP contribution in [0.4, 0.5) is 11.5 Å². The Morgan fingerprint density at radius 3 is 2.16 bits per heavy atom. The van der Waals surface area contributed by atoms with Crippen LogP contribution < -0.4 is 11.3 Å². The van der Waals surface area contributed by atoms with Gasteiger partial charge in [0.2, 0.25) is 5.75 Å². The summed E-state index contributed by atoms with van der Waals surface area (Å²) in [6.07, 6.45) is 0. The van der Waals surface area contributed by atoms with E-state index in [9.17, 15) is 44.9 Å². The number of nitrogens with zero attached hydrogens (tertiary/aromatic N) is 1. The van der Waals surface area contributed by atoms with Gasteiger partial charge in [-0.1, -0.05) is 0 Å². The van der Waals surface area contributed by atoms with E-state index in [-0.39, 0.29) is 0 Å². The fourth-order valence-corrected chi connectivity index (χ4v) is 2.22. The number of nitro benzene ring substituents is 1. The van der Waals surface area contributed by atoms with E-state index in [4.69, 9.17) is 5.73 Å². The molecule has 7 N–H and O–H groups in total. The second kappa shape index (κ2) is 5.84. The number of H-pyrrole nitrogens is 1. The average Bonchev–Trinajstić information content (AvgIpc) is 2.47. The van der Waals surface area contributed by atoms with E-state index in [0.29, 0.717) is 12.1 Å². The van der Waals surface area contributed by atoms with Crippen molar-refractivity contribution in [3.8, 4) is 22.6 Å². The number of phenolic OH excluding ortho intramolecular Hbond substituents is 2. The first kappa shape index (κ1) is 17.3. The molecule has 1 aromatic heterocycles. The molecule has 2 rings (SSSR count). The molecule has 0 radical (unpaired) electrons. The maximum absolute atomic E-state index is 11.9. The van der Waals surface area contributed by atoms with Crippen LogP contribution in [0, 0.1) is 10.1 Å². The fraction of sp³-hybridized carbons (Fsp3) is 0. The summed E-state index contributed by atoms with van der Waals surface area (Å²) in [5.41, 5.74) is 0.00207. The summed E-state index contributed by atoms with van der Waals surface area (Å²) in [6.45, 7) is 0. The van der Waals surface area contributed by atoms with E-state index in [1.165, 1.54) is 0 Å². The van der Waals surface area contributed by atoms with Gasteiger partial charge in [-0.3, -0.25) is 14.9 Å². The van der Waals surface area contributed by atoms with Crippen molar-refractivity contribution in [3.63, 3.8) is 0 Å². The summed E-state index contributed by atoms with van der Waals surface area (Å²) >= 11 is 0. The first-order valence-corrected chi connectivity index (χ1v) is 6.29. The van der Waals surface area contributed by atoms with Crippen molar-refractivity contribution in [2.24, 2.45) is 0 Å². The number of nitro groups is 1. The minimum atomic E-state index is -1.83. The normalized spacial score (nSPS) is 10.4. The van der Waals surface area contributed by atoms with Gasteiger partial charge in [0, 0.05) is 11.6 Å². The number of aromatic nitrogens is 1. The zero-order chi connectivity index (χ0) is 19.0. The van der Waals surface area contributed by atoms with Gasteiger partial charge in [0.1, 0.15) is 16.9 Å². The van der Waals surface area contributed by atoms with E-state index in [1.54, 1.807) is 0 Å². The van der Waals surface area contributed by atoms with E-state index in [2.05, 4.69) is 0 Å². The van der Waals surface area contributed by atoms with Crippen molar-refractivity contribution in [2.75, 3.05) is 5.73 Å². The third-order valence-electron chi connectivity index (χ3n) is 3.23. The molecule has 0 saturated heterocycles. The van der Waals surface area contributed by atoms with Crippen LogP contribution in [0.5, 0.6) is 11.5 Å². The van der Waals surface area contributed by atoms with Crippen molar-refractivity contribution in [1.82, 2.24) is 4.98 Å². The van der Waals surface area contributed by atoms with Gasteiger partial charge >= 0.3 is 17.6 Å². The molecule has 0 fully saturated rings. The molecule has 0 unspecified atom stereocenters. The Hall–Kier alpha value is -4.09. The number of nitrogens with two attached hydrogens (primary N) is 1. The highest BCUT2D eigenvalue weighted by Gasteiger charge is 2.29. The molecule has 2 aromatic rings. The average molecular weight is 351 g/mol. The summed E-state index contributed by atoms with van der Waals surface area (Å²) in [7, 11) is 0. The van der Waals surface area contributed by atoms with Gasteiger partial charge in [-0.05, 0) is 11.6 Å². The van der Waals surface area contributed by atoms with E-state index in [0.717, 1.165) is 0 Å². The Morgan fingerprint density at radius 1 is 1.12 bits per heavy atom. The molecular weight excluding hydrogens is 342 g/mol.